The number of halogens is 1. The van der Waals surface area contributed by atoms with Gasteiger partial charge < -0.3 is 9.84 Å². The van der Waals surface area contributed by atoms with Crippen molar-refractivity contribution < 1.29 is 18.3 Å². The maximum atomic E-state index is 11.1. The first-order chi connectivity index (χ1) is 9.46. The molecule has 0 atom stereocenters. The molecule has 0 heterocycles. The fourth-order valence-corrected chi connectivity index (χ4v) is 2.68. The molecule has 0 fully saturated rings. The molecule has 0 aromatic heterocycles. The van der Waals surface area contributed by atoms with Gasteiger partial charge in [-0.2, -0.15) is 0 Å². The van der Waals surface area contributed by atoms with E-state index in [1.54, 1.807) is 12.1 Å². The van der Waals surface area contributed by atoms with Crippen molar-refractivity contribution in [3.8, 4) is 11.5 Å². The van der Waals surface area contributed by atoms with E-state index in [0.29, 0.717) is 0 Å². The van der Waals surface area contributed by atoms with Gasteiger partial charge in [-0.15, -0.1) is 0 Å². The van der Waals surface area contributed by atoms with Crippen molar-refractivity contribution in [1.29, 1.82) is 0 Å². The smallest absolute Gasteiger partial charge is 0.236 e. The highest BCUT2D eigenvalue weighted by atomic mass is 35.7. The van der Waals surface area contributed by atoms with Crippen LogP contribution < -0.4 is 4.74 Å². The lowest BCUT2D eigenvalue weighted by Crippen LogP contribution is -1.99. The van der Waals surface area contributed by atoms with Gasteiger partial charge in [0, 0.05) is 16.2 Å². The summed E-state index contributed by atoms with van der Waals surface area (Å²) >= 11 is 0. The van der Waals surface area contributed by atoms with E-state index >= 15 is 0 Å². The van der Waals surface area contributed by atoms with Gasteiger partial charge >= 0.3 is 0 Å². The van der Waals surface area contributed by atoms with Crippen LogP contribution in [-0.2, 0) is 21.4 Å². The minimum absolute atomic E-state index is 0.201. The summed E-state index contributed by atoms with van der Waals surface area (Å²) in [5, 5.41) is 9.98. The van der Waals surface area contributed by atoms with Crippen molar-refractivity contribution in [2.24, 2.45) is 0 Å². The molecule has 0 saturated carbocycles. The molecule has 20 heavy (non-hydrogen) atoms. The molecule has 0 bridgehead atoms. The molecule has 2 aromatic carbocycles. The van der Waals surface area contributed by atoms with E-state index < -0.39 is 14.8 Å². The van der Waals surface area contributed by atoms with Crippen LogP contribution in [0.3, 0.4) is 0 Å². The van der Waals surface area contributed by atoms with E-state index in [1.807, 2.05) is 30.3 Å². The van der Waals surface area contributed by atoms with Gasteiger partial charge in [0.05, 0.1) is 5.75 Å². The molecule has 2 rings (SSSR count). The third kappa shape index (κ3) is 4.15. The molecule has 0 aliphatic carbocycles. The molecule has 0 aliphatic rings. The standard InChI is InChI=1S/C14H13ClO4S/c15-20(17,18)10-12-7-4-8-13(14(12)16)19-9-11-5-2-1-3-6-11/h1-8,16H,9-10H2. The molecule has 4 nitrogen and oxygen atoms in total. The van der Waals surface area contributed by atoms with E-state index in [4.69, 9.17) is 15.4 Å². The van der Waals surface area contributed by atoms with Gasteiger partial charge in [0.25, 0.3) is 0 Å². The monoisotopic (exact) mass is 312 g/mol. The Labute approximate surface area is 122 Å². The Morgan fingerprint density at radius 1 is 1.05 bits per heavy atom. The summed E-state index contributed by atoms with van der Waals surface area (Å²) in [7, 11) is 1.46. The predicted octanol–water partition coefficient (Wildman–Crippen LogP) is 3.04. The van der Waals surface area contributed by atoms with Crippen molar-refractivity contribution in [1.82, 2.24) is 0 Å². The molecule has 0 unspecified atom stereocenters. The molecule has 6 heteroatoms. The summed E-state index contributed by atoms with van der Waals surface area (Å²) in [6, 6.07) is 14.1. The third-order valence-corrected chi connectivity index (χ3v) is 3.63. The molecule has 0 amide bonds. The van der Waals surface area contributed by atoms with E-state index in [-0.39, 0.29) is 23.7 Å². The zero-order chi connectivity index (χ0) is 14.6. The molecule has 0 spiro atoms. The summed E-state index contributed by atoms with van der Waals surface area (Å²) in [6.07, 6.45) is 0. The van der Waals surface area contributed by atoms with E-state index in [2.05, 4.69) is 0 Å². The number of phenols is 1. The van der Waals surface area contributed by atoms with Crippen LogP contribution in [0.15, 0.2) is 48.5 Å². The zero-order valence-electron chi connectivity index (χ0n) is 10.5. The molecular formula is C14H13ClO4S. The van der Waals surface area contributed by atoms with E-state index in [1.165, 1.54) is 6.07 Å². The fourth-order valence-electron chi connectivity index (χ4n) is 1.72. The van der Waals surface area contributed by atoms with Crippen molar-refractivity contribution in [2.45, 2.75) is 12.4 Å². The first-order valence-electron chi connectivity index (χ1n) is 5.85. The van der Waals surface area contributed by atoms with Crippen molar-refractivity contribution in [3.63, 3.8) is 0 Å². The van der Waals surface area contributed by atoms with Crippen LogP contribution in [0.2, 0.25) is 0 Å². The van der Waals surface area contributed by atoms with Crippen LogP contribution in [0.25, 0.3) is 0 Å². The van der Waals surface area contributed by atoms with Gasteiger partial charge in [-0.25, -0.2) is 8.42 Å². The van der Waals surface area contributed by atoms with Crippen LogP contribution in [0.4, 0.5) is 0 Å². The highest BCUT2D eigenvalue weighted by Gasteiger charge is 2.14. The zero-order valence-corrected chi connectivity index (χ0v) is 12.1. The summed E-state index contributed by atoms with van der Waals surface area (Å²) in [5.74, 6) is -0.414. The van der Waals surface area contributed by atoms with Crippen LogP contribution in [-0.4, -0.2) is 13.5 Å². The minimum Gasteiger partial charge on any atom is -0.504 e. The highest BCUT2D eigenvalue weighted by Crippen LogP contribution is 2.32. The summed E-state index contributed by atoms with van der Waals surface area (Å²) in [4.78, 5) is 0. The van der Waals surface area contributed by atoms with Crippen LogP contribution in [0.5, 0.6) is 11.5 Å². The number of hydrogen-bond donors (Lipinski definition) is 1. The Morgan fingerprint density at radius 2 is 1.75 bits per heavy atom. The second-order valence-electron chi connectivity index (χ2n) is 4.22. The Balaban J connectivity index is 2.15. The number of para-hydroxylation sites is 1. The minimum atomic E-state index is -3.73. The topological polar surface area (TPSA) is 63.6 Å². The Hall–Kier alpha value is -1.72. The van der Waals surface area contributed by atoms with Gasteiger partial charge in [0.15, 0.2) is 11.5 Å². The number of ether oxygens (including phenoxy) is 1. The number of rotatable bonds is 5. The maximum Gasteiger partial charge on any atom is 0.236 e. The number of hydrogen-bond acceptors (Lipinski definition) is 4. The first kappa shape index (κ1) is 14.7. The van der Waals surface area contributed by atoms with Crippen LogP contribution >= 0.6 is 10.7 Å². The van der Waals surface area contributed by atoms with Gasteiger partial charge in [-0.1, -0.05) is 42.5 Å². The largest absolute Gasteiger partial charge is 0.504 e. The summed E-state index contributed by atoms with van der Waals surface area (Å²) in [5.41, 5.74) is 1.16. The number of phenolic OH excluding ortho intramolecular Hbond substituents is 1. The van der Waals surface area contributed by atoms with Crippen molar-refractivity contribution in [2.75, 3.05) is 0 Å². The lowest BCUT2D eigenvalue weighted by molar-refractivity contribution is 0.288. The fraction of sp³-hybridized carbons (Fsp3) is 0.143. The van der Waals surface area contributed by atoms with Crippen LogP contribution in [0.1, 0.15) is 11.1 Å². The normalized spacial score (nSPS) is 11.2. The first-order valence-corrected chi connectivity index (χ1v) is 8.33. The van der Waals surface area contributed by atoms with E-state index in [0.717, 1.165) is 5.56 Å². The molecule has 2 aromatic rings. The van der Waals surface area contributed by atoms with Gasteiger partial charge in [-0.3, -0.25) is 0 Å². The second kappa shape index (κ2) is 6.15. The van der Waals surface area contributed by atoms with Gasteiger partial charge in [0.2, 0.25) is 9.05 Å². The Kier molecular flexibility index (Phi) is 4.52. The van der Waals surface area contributed by atoms with Gasteiger partial charge in [-0.05, 0) is 11.6 Å². The number of aromatic hydroxyl groups is 1. The highest BCUT2D eigenvalue weighted by molar-refractivity contribution is 8.13. The third-order valence-electron chi connectivity index (χ3n) is 2.65. The second-order valence-corrected chi connectivity index (χ2v) is 7.00. The average molecular weight is 313 g/mol. The molecule has 0 aliphatic heterocycles. The average Bonchev–Trinajstić information content (AvgIpc) is 2.39. The lowest BCUT2D eigenvalue weighted by Gasteiger charge is -2.10. The predicted molar refractivity (Wildman–Crippen MR) is 77.4 cm³/mol. The molecule has 0 radical (unpaired) electrons. The molecule has 1 N–H and O–H groups in total. The molecule has 106 valence electrons. The summed E-state index contributed by atoms with van der Waals surface area (Å²) in [6.45, 7) is 0.283. The quantitative estimate of drug-likeness (QED) is 0.862. The molecule has 0 saturated heterocycles. The lowest BCUT2D eigenvalue weighted by atomic mass is 10.2. The SMILES string of the molecule is O=S(=O)(Cl)Cc1cccc(OCc2ccccc2)c1O. The van der Waals surface area contributed by atoms with Crippen molar-refractivity contribution in [3.05, 3.63) is 59.7 Å². The van der Waals surface area contributed by atoms with Crippen LogP contribution in [0, 0.1) is 0 Å². The Bertz CT molecular complexity index is 684. The number of benzene rings is 2. The summed E-state index contributed by atoms with van der Waals surface area (Å²) < 4.78 is 27.6. The maximum absolute atomic E-state index is 11.1. The van der Waals surface area contributed by atoms with E-state index in [9.17, 15) is 13.5 Å². The van der Waals surface area contributed by atoms with Crippen molar-refractivity contribution >= 4 is 19.7 Å². The Morgan fingerprint density at radius 3 is 2.40 bits per heavy atom. The van der Waals surface area contributed by atoms with Gasteiger partial charge in [0.1, 0.15) is 6.61 Å². The molecular weight excluding hydrogens is 300 g/mol.